The number of hydrogen-bond donors (Lipinski definition) is 2. The Labute approximate surface area is 143 Å². The molecule has 5 nitrogen and oxygen atoms in total. The van der Waals surface area contributed by atoms with Crippen molar-refractivity contribution in [2.75, 3.05) is 13.1 Å². The summed E-state index contributed by atoms with van der Waals surface area (Å²) in [5.74, 6) is 0.231. The maximum atomic E-state index is 12.5. The lowest BCUT2D eigenvalue weighted by molar-refractivity contribution is -0.129. The molecule has 3 N–H and O–H groups in total. The summed E-state index contributed by atoms with van der Waals surface area (Å²) in [4.78, 5) is 26.6. The highest BCUT2D eigenvalue weighted by Gasteiger charge is 2.36. The van der Waals surface area contributed by atoms with E-state index >= 15 is 0 Å². The molecule has 1 aromatic rings. The van der Waals surface area contributed by atoms with Crippen molar-refractivity contribution in [3.8, 4) is 0 Å². The number of hydrogen-bond acceptors (Lipinski definition) is 3. The molecule has 1 saturated carbocycles. The fourth-order valence-electron chi connectivity index (χ4n) is 3.82. The quantitative estimate of drug-likeness (QED) is 0.861. The van der Waals surface area contributed by atoms with E-state index in [1.807, 2.05) is 31.2 Å². The third kappa shape index (κ3) is 3.78. The van der Waals surface area contributed by atoms with Gasteiger partial charge in [0.25, 0.3) is 0 Å². The molecule has 5 heteroatoms. The molecule has 0 aromatic heterocycles. The number of aryl methyl sites for hydroxylation is 1. The second kappa shape index (κ2) is 7.34. The summed E-state index contributed by atoms with van der Waals surface area (Å²) in [6.45, 7) is 3.76. The number of nitrogens with one attached hydrogen (secondary N) is 1. The summed E-state index contributed by atoms with van der Waals surface area (Å²) in [6, 6.07) is 8.37. The molecule has 2 fully saturated rings. The first-order valence-electron chi connectivity index (χ1n) is 8.90. The minimum atomic E-state index is -0.234. The van der Waals surface area contributed by atoms with E-state index in [0.717, 1.165) is 24.8 Å². The molecule has 1 heterocycles. The fraction of sp³-hybridized carbons (Fsp3) is 0.579. The molecule has 3 rings (SSSR count). The lowest BCUT2D eigenvalue weighted by atomic mass is 10.0. The second-order valence-electron chi connectivity index (χ2n) is 7.20. The van der Waals surface area contributed by atoms with Gasteiger partial charge in [-0.3, -0.25) is 9.59 Å². The van der Waals surface area contributed by atoms with Crippen molar-refractivity contribution in [1.82, 2.24) is 10.2 Å². The van der Waals surface area contributed by atoms with Gasteiger partial charge in [-0.15, -0.1) is 0 Å². The third-order valence-electron chi connectivity index (χ3n) is 5.37. The standard InChI is InChI=1S/C19H27N3O2/c1-13-5-7-14(8-6-13)11-22-12-16(9-18(22)23)19(24)21-17-4-2-3-15(17)10-20/h5-8,15-17H,2-4,9-12,20H2,1H3,(H,21,24). The number of carbonyl (C=O) groups is 2. The molecule has 1 aromatic carbocycles. The van der Waals surface area contributed by atoms with E-state index in [-0.39, 0.29) is 23.8 Å². The Hall–Kier alpha value is -1.88. The Bertz CT molecular complexity index is 599. The summed E-state index contributed by atoms with van der Waals surface area (Å²) in [5, 5.41) is 3.14. The fourth-order valence-corrected chi connectivity index (χ4v) is 3.82. The van der Waals surface area contributed by atoms with E-state index < -0.39 is 0 Å². The topological polar surface area (TPSA) is 75.4 Å². The summed E-state index contributed by atoms with van der Waals surface area (Å²) in [5.41, 5.74) is 8.09. The second-order valence-corrected chi connectivity index (χ2v) is 7.20. The Morgan fingerprint density at radius 3 is 2.75 bits per heavy atom. The molecule has 2 amide bonds. The van der Waals surface area contributed by atoms with Crippen molar-refractivity contribution < 1.29 is 9.59 Å². The van der Waals surface area contributed by atoms with Gasteiger partial charge in [0.15, 0.2) is 0 Å². The molecule has 24 heavy (non-hydrogen) atoms. The van der Waals surface area contributed by atoms with Crippen molar-refractivity contribution in [2.24, 2.45) is 17.6 Å². The average molecular weight is 329 g/mol. The molecular formula is C19H27N3O2. The zero-order chi connectivity index (χ0) is 17.1. The average Bonchev–Trinajstić information content (AvgIpc) is 3.16. The van der Waals surface area contributed by atoms with Gasteiger partial charge in [-0.1, -0.05) is 36.2 Å². The molecule has 0 radical (unpaired) electrons. The highest BCUT2D eigenvalue weighted by atomic mass is 16.2. The molecule has 0 spiro atoms. The van der Waals surface area contributed by atoms with Gasteiger partial charge in [-0.2, -0.15) is 0 Å². The van der Waals surface area contributed by atoms with Crippen molar-refractivity contribution in [2.45, 2.75) is 45.2 Å². The van der Waals surface area contributed by atoms with Crippen molar-refractivity contribution in [3.05, 3.63) is 35.4 Å². The number of nitrogens with zero attached hydrogens (tertiary/aromatic N) is 1. The summed E-state index contributed by atoms with van der Waals surface area (Å²) < 4.78 is 0. The van der Waals surface area contributed by atoms with Gasteiger partial charge in [0.05, 0.1) is 5.92 Å². The minimum Gasteiger partial charge on any atom is -0.353 e. The molecule has 3 unspecified atom stereocenters. The molecule has 1 aliphatic carbocycles. The van der Waals surface area contributed by atoms with Crippen molar-refractivity contribution in [3.63, 3.8) is 0 Å². The molecule has 1 saturated heterocycles. The van der Waals surface area contributed by atoms with Crippen LogP contribution in [0.4, 0.5) is 0 Å². The molecule has 130 valence electrons. The zero-order valence-corrected chi connectivity index (χ0v) is 14.3. The van der Waals surface area contributed by atoms with Gasteiger partial charge >= 0.3 is 0 Å². The van der Waals surface area contributed by atoms with Gasteiger partial charge in [0.1, 0.15) is 0 Å². The number of benzene rings is 1. The van der Waals surface area contributed by atoms with Gasteiger partial charge in [0, 0.05) is 25.6 Å². The maximum absolute atomic E-state index is 12.5. The van der Waals surface area contributed by atoms with Gasteiger partial charge < -0.3 is 16.0 Å². The normalized spacial score (nSPS) is 26.8. The Morgan fingerprint density at radius 2 is 2.04 bits per heavy atom. The maximum Gasteiger partial charge on any atom is 0.225 e. The lowest BCUT2D eigenvalue weighted by Gasteiger charge is -2.22. The monoisotopic (exact) mass is 329 g/mol. The predicted molar refractivity (Wildman–Crippen MR) is 93.0 cm³/mol. The molecule has 2 aliphatic rings. The third-order valence-corrected chi connectivity index (χ3v) is 5.37. The van der Waals surface area contributed by atoms with Crippen LogP contribution in [0.5, 0.6) is 0 Å². The minimum absolute atomic E-state index is 0.0140. The zero-order valence-electron chi connectivity index (χ0n) is 14.3. The smallest absolute Gasteiger partial charge is 0.225 e. The van der Waals surface area contributed by atoms with E-state index in [1.165, 1.54) is 5.56 Å². The van der Waals surface area contributed by atoms with E-state index in [9.17, 15) is 9.59 Å². The van der Waals surface area contributed by atoms with Crippen LogP contribution < -0.4 is 11.1 Å². The van der Waals surface area contributed by atoms with Crippen LogP contribution in [-0.2, 0) is 16.1 Å². The van der Waals surface area contributed by atoms with Gasteiger partial charge in [-0.05, 0) is 37.8 Å². The number of rotatable bonds is 5. The largest absolute Gasteiger partial charge is 0.353 e. The van der Waals surface area contributed by atoms with E-state index in [2.05, 4.69) is 5.32 Å². The first-order chi connectivity index (χ1) is 11.6. The van der Waals surface area contributed by atoms with Crippen molar-refractivity contribution >= 4 is 11.8 Å². The van der Waals surface area contributed by atoms with Crippen LogP contribution in [0, 0.1) is 18.8 Å². The van der Waals surface area contributed by atoms with E-state index in [1.54, 1.807) is 4.90 Å². The van der Waals surface area contributed by atoms with Crippen molar-refractivity contribution in [1.29, 1.82) is 0 Å². The number of carbonyl (C=O) groups excluding carboxylic acids is 2. The predicted octanol–water partition coefficient (Wildman–Crippen LogP) is 1.59. The first kappa shape index (κ1) is 17.0. The van der Waals surface area contributed by atoms with Crippen LogP contribution in [-0.4, -0.2) is 35.8 Å². The van der Waals surface area contributed by atoms with Crippen LogP contribution >= 0.6 is 0 Å². The van der Waals surface area contributed by atoms with Crippen LogP contribution in [0.15, 0.2) is 24.3 Å². The lowest BCUT2D eigenvalue weighted by Crippen LogP contribution is -2.43. The highest BCUT2D eigenvalue weighted by molar-refractivity contribution is 5.89. The van der Waals surface area contributed by atoms with Crippen LogP contribution in [0.2, 0.25) is 0 Å². The molecule has 0 bridgehead atoms. The van der Waals surface area contributed by atoms with Crippen LogP contribution in [0.1, 0.15) is 36.8 Å². The Kier molecular flexibility index (Phi) is 5.19. The number of nitrogens with two attached hydrogens (primary N) is 1. The Balaban J connectivity index is 1.55. The number of amides is 2. The van der Waals surface area contributed by atoms with Crippen LogP contribution in [0.3, 0.4) is 0 Å². The first-order valence-corrected chi connectivity index (χ1v) is 8.90. The summed E-state index contributed by atoms with van der Waals surface area (Å²) in [7, 11) is 0. The summed E-state index contributed by atoms with van der Waals surface area (Å²) >= 11 is 0. The van der Waals surface area contributed by atoms with Gasteiger partial charge in [-0.25, -0.2) is 0 Å². The molecular weight excluding hydrogens is 302 g/mol. The van der Waals surface area contributed by atoms with E-state index in [0.29, 0.717) is 32.0 Å². The SMILES string of the molecule is Cc1ccc(CN2CC(C(=O)NC3CCCC3CN)CC2=O)cc1. The highest BCUT2D eigenvalue weighted by Crippen LogP contribution is 2.26. The summed E-state index contributed by atoms with van der Waals surface area (Å²) in [6.07, 6.45) is 3.53. The Morgan fingerprint density at radius 1 is 1.29 bits per heavy atom. The molecule has 3 atom stereocenters. The van der Waals surface area contributed by atoms with Gasteiger partial charge in [0.2, 0.25) is 11.8 Å². The molecule has 1 aliphatic heterocycles. The van der Waals surface area contributed by atoms with Crippen LogP contribution in [0.25, 0.3) is 0 Å². The van der Waals surface area contributed by atoms with E-state index in [4.69, 9.17) is 5.73 Å². The number of likely N-dealkylation sites (tertiary alicyclic amines) is 1.